The Bertz CT molecular complexity index is 226. The predicted molar refractivity (Wildman–Crippen MR) is 60.4 cm³/mol. The van der Waals surface area contributed by atoms with Crippen molar-refractivity contribution in [1.29, 1.82) is 0 Å². The van der Waals surface area contributed by atoms with E-state index in [9.17, 15) is 4.79 Å². The van der Waals surface area contributed by atoms with Gasteiger partial charge in [-0.25, -0.2) is 0 Å². The zero-order valence-electron chi connectivity index (χ0n) is 9.50. The van der Waals surface area contributed by atoms with E-state index >= 15 is 0 Å². The van der Waals surface area contributed by atoms with Crippen LogP contribution < -0.4 is 5.73 Å². The fourth-order valence-electron chi connectivity index (χ4n) is 2.81. The standard InChI is InChI=1S/C12H22N2O/c13-12(7-3-4-8-12)11(15)14-9-5-1-2-6-10-14/h1-10,13H2. The molecule has 1 saturated heterocycles. The summed E-state index contributed by atoms with van der Waals surface area (Å²) in [5.74, 6) is 0.224. The molecule has 1 saturated carbocycles. The molecule has 2 fully saturated rings. The van der Waals surface area contributed by atoms with Gasteiger partial charge in [0.25, 0.3) is 0 Å². The molecular weight excluding hydrogens is 188 g/mol. The van der Waals surface area contributed by atoms with Gasteiger partial charge in [0.2, 0.25) is 5.91 Å². The molecule has 0 radical (unpaired) electrons. The van der Waals surface area contributed by atoms with Gasteiger partial charge < -0.3 is 10.6 Å². The van der Waals surface area contributed by atoms with Crippen LogP contribution in [0.1, 0.15) is 51.4 Å². The summed E-state index contributed by atoms with van der Waals surface area (Å²) in [4.78, 5) is 14.3. The van der Waals surface area contributed by atoms with Gasteiger partial charge in [-0.05, 0) is 25.7 Å². The normalized spacial score (nSPS) is 26.3. The summed E-state index contributed by atoms with van der Waals surface area (Å²) >= 11 is 0. The third kappa shape index (κ3) is 2.33. The van der Waals surface area contributed by atoms with Crippen LogP contribution in [0, 0.1) is 0 Å². The summed E-state index contributed by atoms with van der Waals surface area (Å²) in [5.41, 5.74) is 5.68. The van der Waals surface area contributed by atoms with Gasteiger partial charge in [0.15, 0.2) is 0 Å². The second kappa shape index (κ2) is 4.52. The Morgan fingerprint density at radius 1 is 0.933 bits per heavy atom. The average Bonchev–Trinajstić information content (AvgIpc) is 2.54. The van der Waals surface area contributed by atoms with E-state index in [-0.39, 0.29) is 5.91 Å². The van der Waals surface area contributed by atoms with Crippen LogP contribution in [0.5, 0.6) is 0 Å². The van der Waals surface area contributed by atoms with Gasteiger partial charge in [0, 0.05) is 13.1 Å². The molecule has 0 atom stereocenters. The predicted octanol–water partition coefficient (Wildman–Crippen LogP) is 1.66. The Morgan fingerprint density at radius 3 is 2.00 bits per heavy atom. The van der Waals surface area contributed by atoms with Gasteiger partial charge in [0.1, 0.15) is 0 Å². The minimum Gasteiger partial charge on any atom is -0.341 e. The highest BCUT2D eigenvalue weighted by atomic mass is 16.2. The molecule has 2 N–H and O–H groups in total. The van der Waals surface area contributed by atoms with E-state index < -0.39 is 5.54 Å². The van der Waals surface area contributed by atoms with Gasteiger partial charge in [0.05, 0.1) is 5.54 Å². The lowest BCUT2D eigenvalue weighted by molar-refractivity contribution is -0.136. The van der Waals surface area contributed by atoms with Crippen molar-refractivity contribution in [2.24, 2.45) is 5.73 Å². The third-order valence-corrected chi connectivity index (χ3v) is 3.81. The summed E-state index contributed by atoms with van der Waals surface area (Å²) in [6.07, 6.45) is 8.86. The highest BCUT2D eigenvalue weighted by molar-refractivity contribution is 5.86. The van der Waals surface area contributed by atoms with Crippen LogP contribution in [-0.4, -0.2) is 29.4 Å². The molecule has 1 amide bonds. The summed E-state index contributed by atoms with van der Waals surface area (Å²) in [6, 6.07) is 0. The van der Waals surface area contributed by atoms with E-state index in [0.29, 0.717) is 0 Å². The fraction of sp³-hybridized carbons (Fsp3) is 0.917. The van der Waals surface area contributed by atoms with E-state index in [1.165, 1.54) is 12.8 Å². The fourth-order valence-corrected chi connectivity index (χ4v) is 2.81. The average molecular weight is 210 g/mol. The molecule has 0 aromatic carbocycles. The molecule has 0 aromatic rings. The first-order chi connectivity index (χ1) is 7.22. The maximum Gasteiger partial charge on any atom is 0.242 e. The molecule has 3 nitrogen and oxygen atoms in total. The number of carbonyl (C=O) groups excluding carboxylic acids is 1. The van der Waals surface area contributed by atoms with Gasteiger partial charge in [-0.2, -0.15) is 0 Å². The Labute approximate surface area is 92.0 Å². The molecule has 0 unspecified atom stereocenters. The van der Waals surface area contributed by atoms with Crippen molar-refractivity contribution >= 4 is 5.91 Å². The van der Waals surface area contributed by atoms with E-state index in [4.69, 9.17) is 5.73 Å². The summed E-state index contributed by atoms with van der Waals surface area (Å²) in [5, 5.41) is 0. The van der Waals surface area contributed by atoms with Crippen LogP contribution in [0.2, 0.25) is 0 Å². The topological polar surface area (TPSA) is 46.3 Å². The Morgan fingerprint density at radius 2 is 1.47 bits per heavy atom. The Kier molecular flexibility index (Phi) is 3.29. The maximum atomic E-state index is 12.3. The summed E-state index contributed by atoms with van der Waals surface area (Å²) in [6.45, 7) is 1.86. The Balaban J connectivity index is 1.98. The molecule has 15 heavy (non-hydrogen) atoms. The van der Waals surface area contributed by atoms with Gasteiger partial charge in [-0.3, -0.25) is 4.79 Å². The first kappa shape index (κ1) is 10.9. The van der Waals surface area contributed by atoms with Crippen molar-refractivity contribution in [3.05, 3.63) is 0 Å². The lowest BCUT2D eigenvalue weighted by Crippen LogP contribution is -2.53. The molecule has 1 aliphatic carbocycles. The van der Waals surface area contributed by atoms with Crippen molar-refractivity contribution in [3.63, 3.8) is 0 Å². The van der Waals surface area contributed by atoms with Crippen molar-refractivity contribution in [2.45, 2.75) is 56.9 Å². The van der Waals surface area contributed by atoms with Gasteiger partial charge in [-0.1, -0.05) is 25.7 Å². The SMILES string of the molecule is NC1(C(=O)N2CCCCCC2)CCCC1. The first-order valence-electron chi connectivity index (χ1n) is 6.31. The van der Waals surface area contributed by atoms with Gasteiger partial charge in [-0.15, -0.1) is 0 Å². The van der Waals surface area contributed by atoms with Crippen LogP contribution in [0.25, 0.3) is 0 Å². The minimum absolute atomic E-state index is 0.224. The second-order valence-corrected chi connectivity index (χ2v) is 5.07. The zero-order valence-corrected chi connectivity index (χ0v) is 9.50. The van der Waals surface area contributed by atoms with Crippen LogP contribution in [0.15, 0.2) is 0 Å². The first-order valence-corrected chi connectivity index (χ1v) is 6.31. The molecule has 86 valence electrons. The Hall–Kier alpha value is -0.570. The van der Waals surface area contributed by atoms with E-state index in [2.05, 4.69) is 0 Å². The quantitative estimate of drug-likeness (QED) is 0.715. The molecule has 2 rings (SSSR count). The number of nitrogens with zero attached hydrogens (tertiary/aromatic N) is 1. The number of amides is 1. The van der Waals surface area contributed by atoms with Crippen LogP contribution in [0.4, 0.5) is 0 Å². The highest BCUT2D eigenvalue weighted by Gasteiger charge is 2.39. The summed E-state index contributed by atoms with van der Waals surface area (Å²) in [7, 11) is 0. The monoisotopic (exact) mass is 210 g/mol. The van der Waals surface area contributed by atoms with Crippen molar-refractivity contribution in [2.75, 3.05) is 13.1 Å². The number of nitrogens with two attached hydrogens (primary N) is 1. The molecule has 0 aromatic heterocycles. The highest BCUT2D eigenvalue weighted by Crippen LogP contribution is 2.29. The molecule has 1 heterocycles. The number of likely N-dealkylation sites (tertiary alicyclic amines) is 1. The molecule has 1 aliphatic heterocycles. The molecule has 3 heteroatoms. The second-order valence-electron chi connectivity index (χ2n) is 5.07. The molecular formula is C12H22N2O. The number of hydrogen-bond donors (Lipinski definition) is 1. The van der Waals surface area contributed by atoms with Crippen molar-refractivity contribution in [1.82, 2.24) is 4.90 Å². The van der Waals surface area contributed by atoms with E-state index in [1.54, 1.807) is 0 Å². The van der Waals surface area contributed by atoms with Gasteiger partial charge >= 0.3 is 0 Å². The van der Waals surface area contributed by atoms with E-state index in [0.717, 1.165) is 51.6 Å². The lowest BCUT2D eigenvalue weighted by Gasteiger charge is -2.30. The molecule has 2 aliphatic rings. The number of carbonyl (C=O) groups is 1. The smallest absolute Gasteiger partial charge is 0.242 e. The third-order valence-electron chi connectivity index (χ3n) is 3.81. The van der Waals surface area contributed by atoms with E-state index in [1.807, 2.05) is 4.90 Å². The number of rotatable bonds is 1. The van der Waals surface area contributed by atoms with Crippen molar-refractivity contribution < 1.29 is 4.79 Å². The number of hydrogen-bond acceptors (Lipinski definition) is 2. The minimum atomic E-state index is -0.510. The van der Waals surface area contributed by atoms with Crippen LogP contribution >= 0.6 is 0 Å². The molecule has 0 bridgehead atoms. The summed E-state index contributed by atoms with van der Waals surface area (Å²) < 4.78 is 0. The maximum absolute atomic E-state index is 12.3. The largest absolute Gasteiger partial charge is 0.341 e. The van der Waals surface area contributed by atoms with Crippen molar-refractivity contribution in [3.8, 4) is 0 Å². The molecule has 0 spiro atoms. The van der Waals surface area contributed by atoms with Crippen LogP contribution in [-0.2, 0) is 4.79 Å². The lowest BCUT2D eigenvalue weighted by atomic mass is 9.97. The van der Waals surface area contributed by atoms with Crippen LogP contribution in [0.3, 0.4) is 0 Å². The zero-order chi connectivity index (χ0) is 10.7.